The van der Waals surface area contributed by atoms with Crippen molar-refractivity contribution in [3.05, 3.63) is 23.9 Å². The average Bonchev–Trinajstić information content (AvgIpc) is 1.88. The molecule has 0 saturated carbocycles. The zero-order chi connectivity index (χ0) is 6.69. The van der Waals surface area contributed by atoms with Crippen LogP contribution in [-0.2, 0) is 0 Å². The summed E-state index contributed by atoms with van der Waals surface area (Å²) in [6, 6.07) is 6.16. The summed E-state index contributed by atoms with van der Waals surface area (Å²) in [6.07, 6.45) is 0. The molecule has 0 saturated heterocycles. The van der Waals surface area contributed by atoms with Gasteiger partial charge in [-0.05, 0) is 0 Å². The molecular weight excluding hydrogens is 177 g/mol. The van der Waals surface area contributed by atoms with Crippen LogP contribution < -0.4 is 4.59 Å². The van der Waals surface area contributed by atoms with Crippen LogP contribution in [0.3, 0.4) is 0 Å². The van der Waals surface area contributed by atoms with Crippen LogP contribution in [-0.4, -0.2) is 19.9 Å². The number of hydrogen-bond donors (Lipinski definition) is 0. The van der Waals surface area contributed by atoms with Gasteiger partial charge in [0.05, 0.1) is 0 Å². The third kappa shape index (κ3) is 1.81. The van der Waals surface area contributed by atoms with Crippen molar-refractivity contribution in [1.82, 2.24) is 4.98 Å². The molecule has 1 heterocycles. The molecule has 1 nitrogen and oxygen atoms in total. The zero-order valence-electron chi connectivity index (χ0n) is 5.59. The Bertz CT molecular complexity index is 198. The maximum atomic E-state index is 4.32. The second kappa shape index (κ2) is 3.00. The second-order valence-electron chi connectivity index (χ2n) is 1.82. The molecule has 1 aromatic heterocycles. The van der Waals surface area contributed by atoms with Gasteiger partial charge in [-0.1, -0.05) is 0 Å². The maximum absolute atomic E-state index is 4.32. The van der Waals surface area contributed by atoms with E-state index in [2.05, 4.69) is 22.9 Å². The molecule has 0 aliphatic carbocycles. The fraction of sp³-hybridized carbons (Fsp3) is 0.286. The number of aromatic nitrogens is 1. The van der Waals surface area contributed by atoms with Crippen LogP contribution in [0.15, 0.2) is 18.2 Å². The Morgan fingerprint density at radius 2 is 2.22 bits per heavy atom. The Hall–Kier alpha value is -0.331. The van der Waals surface area contributed by atoms with Crippen LogP contribution in [0.1, 0.15) is 5.69 Å². The summed E-state index contributed by atoms with van der Waals surface area (Å²) in [7, 11) is 0. The molecule has 0 aromatic carbocycles. The van der Waals surface area contributed by atoms with Gasteiger partial charge in [0.25, 0.3) is 0 Å². The molecule has 0 radical (unpaired) electrons. The van der Waals surface area contributed by atoms with Crippen LogP contribution in [0.5, 0.6) is 0 Å². The molecule has 0 spiro atoms. The number of nitrogens with zero attached hydrogens (tertiary/aromatic N) is 1. The number of rotatable bonds is 1. The number of pyridine rings is 1. The summed E-state index contributed by atoms with van der Waals surface area (Å²) in [5.74, 6) is 2.18. The van der Waals surface area contributed by atoms with Gasteiger partial charge in [-0.25, -0.2) is 0 Å². The van der Waals surface area contributed by atoms with E-state index in [1.807, 2.05) is 13.0 Å². The first-order chi connectivity index (χ1) is 4.33. The van der Waals surface area contributed by atoms with Gasteiger partial charge in [-0.3, -0.25) is 0 Å². The molecule has 0 N–H and O–H groups in total. The average molecular weight is 186 g/mol. The van der Waals surface area contributed by atoms with E-state index in [4.69, 9.17) is 0 Å². The van der Waals surface area contributed by atoms with E-state index in [1.54, 1.807) is 0 Å². The monoisotopic (exact) mass is 187 g/mol. The van der Waals surface area contributed by atoms with E-state index in [1.165, 1.54) is 4.59 Å². The molecule has 0 aliphatic rings. The topological polar surface area (TPSA) is 12.9 Å². The SMILES string of the molecule is C[Se]c1cccc(C)n1. The van der Waals surface area contributed by atoms with Crippen molar-refractivity contribution >= 4 is 19.5 Å². The standard InChI is InChI=1S/C7H9NSe/c1-6-4-3-5-7(8-6)9-2/h3-5H,1-2H3. The number of hydrogen-bond acceptors (Lipinski definition) is 1. The van der Waals surface area contributed by atoms with Crippen molar-refractivity contribution in [3.63, 3.8) is 0 Å². The van der Waals surface area contributed by atoms with E-state index in [-0.39, 0.29) is 0 Å². The quantitative estimate of drug-likeness (QED) is 0.590. The Morgan fingerprint density at radius 3 is 2.67 bits per heavy atom. The molecule has 1 aromatic rings. The summed E-state index contributed by atoms with van der Waals surface area (Å²) in [6.45, 7) is 2.02. The molecule has 0 amide bonds. The molecule has 0 aliphatic heterocycles. The molecular formula is C7H9NSe. The summed E-state index contributed by atoms with van der Waals surface area (Å²) >= 11 is 0.548. The summed E-state index contributed by atoms with van der Waals surface area (Å²) < 4.78 is 1.24. The molecule has 48 valence electrons. The fourth-order valence-electron chi connectivity index (χ4n) is 0.632. The van der Waals surface area contributed by atoms with Crippen LogP contribution in [0.4, 0.5) is 0 Å². The molecule has 0 atom stereocenters. The normalized spacial score (nSPS) is 9.56. The first-order valence-corrected chi connectivity index (χ1v) is 5.37. The Morgan fingerprint density at radius 1 is 1.44 bits per heavy atom. The summed E-state index contributed by atoms with van der Waals surface area (Å²) in [4.78, 5) is 4.32. The summed E-state index contributed by atoms with van der Waals surface area (Å²) in [5, 5.41) is 0. The third-order valence-electron chi connectivity index (χ3n) is 1.07. The van der Waals surface area contributed by atoms with Crippen LogP contribution in [0, 0.1) is 6.92 Å². The molecule has 9 heavy (non-hydrogen) atoms. The van der Waals surface area contributed by atoms with E-state index < -0.39 is 0 Å². The van der Waals surface area contributed by atoms with E-state index in [9.17, 15) is 0 Å². The van der Waals surface area contributed by atoms with Gasteiger partial charge in [-0.15, -0.1) is 0 Å². The van der Waals surface area contributed by atoms with Crippen molar-refractivity contribution in [2.45, 2.75) is 12.7 Å². The third-order valence-corrected chi connectivity index (χ3v) is 2.43. The molecule has 1 rings (SSSR count). The molecule has 0 unspecified atom stereocenters. The van der Waals surface area contributed by atoms with Crippen LogP contribution in [0.25, 0.3) is 0 Å². The second-order valence-corrected chi connectivity index (χ2v) is 3.56. The van der Waals surface area contributed by atoms with Crippen molar-refractivity contribution < 1.29 is 0 Å². The van der Waals surface area contributed by atoms with E-state index >= 15 is 0 Å². The van der Waals surface area contributed by atoms with Crippen molar-refractivity contribution in [3.8, 4) is 0 Å². The Kier molecular flexibility index (Phi) is 2.26. The fourth-order valence-corrected chi connectivity index (χ4v) is 1.58. The minimum atomic E-state index is 0.548. The van der Waals surface area contributed by atoms with Crippen LogP contribution >= 0.6 is 0 Å². The van der Waals surface area contributed by atoms with Crippen molar-refractivity contribution in [2.24, 2.45) is 0 Å². The van der Waals surface area contributed by atoms with Crippen molar-refractivity contribution in [1.29, 1.82) is 0 Å². The van der Waals surface area contributed by atoms with E-state index in [0.717, 1.165) is 5.69 Å². The zero-order valence-corrected chi connectivity index (χ0v) is 7.30. The van der Waals surface area contributed by atoms with E-state index in [0.29, 0.717) is 15.0 Å². The van der Waals surface area contributed by atoms with Crippen molar-refractivity contribution in [2.75, 3.05) is 0 Å². The molecule has 2 heteroatoms. The molecule has 0 bridgehead atoms. The van der Waals surface area contributed by atoms with Crippen LogP contribution in [0.2, 0.25) is 5.82 Å². The Balaban J connectivity index is 2.94. The number of aryl methyl sites for hydroxylation is 1. The van der Waals surface area contributed by atoms with Gasteiger partial charge in [-0.2, -0.15) is 0 Å². The van der Waals surface area contributed by atoms with Gasteiger partial charge in [0.15, 0.2) is 0 Å². The molecule has 0 fully saturated rings. The predicted molar refractivity (Wildman–Crippen MR) is 40.2 cm³/mol. The minimum absolute atomic E-state index is 0.548. The predicted octanol–water partition coefficient (Wildman–Crippen LogP) is 0.768. The first-order valence-electron chi connectivity index (χ1n) is 2.80. The van der Waals surface area contributed by atoms with Gasteiger partial charge >= 0.3 is 61.2 Å². The van der Waals surface area contributed by atoms with Gasteiger partial charge in [0.2, 0.25) is 0 Å². The Labute approximate surface area is 61.7 Å². The van der Waals surface area contributed by atoms with Gasteiger partial charge in [0.1, 0.15) is 0 Å². The van der Waals surface area contributed by atoms with Gasteiger partial charge < -0.3 is 0 Å². The first kappa shape index (κ1) is 6.78. The summed E-state index contributed by atoms with van der Waals surface area (Å²) in [5.41, 5.74) is 1.12. The van der Waals surface area contributed by atoms with Gasteiger partial charge in [0, 0.05) is 0 Å².